The Hall–Kier alpha value is -8.50. The van der Waals surface area contributed by atoms with Gasteiger partial charge in [0.05, 0.1) is 22.4 Å². The van der Waals surface area contributed by atoms with Crippen molar-refractivity contribution in [3.8, 4) is 50.2 Å². The lowest BCUT2D eigenvalue weighted by Crippen LogP contribution is -2.11. The van der Waals surface area contributed by atoms with Crippen LogP contribution < -0.4 is 4.90 Å². The first kappa shape index (κ1) is 38.9. The second kappa shape index (κ2) is 16.2. The van der Waals surface area contributed by atoms with Gasteiger partial charge in [0.2, 0.25) is 0 Å². The van der Waals surface area contributed by atoms with E-state index in [0.717, 1.165) is 28.3 Å². The predicted octanol–water partition coefficient (Wildman–Crippen LogP) is 18.4. The first-order valence-electron chi connectivity index (χ1n) is 22.9. The molecule has 0 amide bonds. The van der Waals surface area contributed by atoms with Gasteiger partial charge in [0.15, 0.2) is 0 Å². The molecule has 3 heteroatoms. The second-order valence-electron chi connectivity index (χ2n) is 17.2. The van der Waals surface area contributed by atoms with Crippen molar-refractivity contribution in [1.82, 2.24) is 4.57 Å². The van der Waals surface area contributed by atoms with Gasteiger partial charge in [-0.05, 0) is 111 Å². The Morgan fingerprint density at radius 2 is 0.806 bits per heavy atom. The van der Waals surface area contributed by atoms with E-state index < -0.39 is 0 Å². The molecule has 0 aliphatic rings. The van der Waals surface area contributed by atoms with E-state index in [1.165, 1.54) is 91.7 Å². The Bertz CT molecular complexity index is 3920. The summed E-state index contributed by atoms with van der Waals surface area (Å²) in [5.74, 6) is 0. The third-order valence-electron chi connectivity index (χ3n) is 13.4. The number of nitrogens with zero attached hydrogens (tertiary/aromatic N) is 2. The number of anilines is 3. The van der Waals surface area contributed by atoms with Crippen molar-refractivity contribution >= 4 is 81.1 Å². The quantitative estimate of drug-likeness (QED) is 0.148. The molecule has 0 saturated heterocycles. The summed E-state index contributed by atoms with van der Waals surface area (Å²) in [5, 5.41) is 7.62. The minimum Gasteiger partial charge on any atom is -0.310 e. The van der Waals surface area contributed by atoms with Crippen LogP contribution in [0.5, 0.6) is 0 Å². The fourth-order valence-electron chi connectivity index (χ4n) is 10.2. The van der Waals surface area contributed by atoms with Crippen LogP contribution in [0, 0.1) is 0 Å². The van der Waals surface area contributed by atoms with Gasteiger partial charge in [-0.2, -0.15) is 0 Å². The van der Waals surface area contributed by atoms with Crippen LogP contribution in [-0.2, 0) is 0 Å². The van der Waals surface area contributed by atoms with Gasteiger partial charge in [0.25, 0.3) is 0 Å². The van der Waals surface area contributed by atoms with Crippen LogP contribution in [0.1, 0.15) is 0 Å². The van der Waals surface area contributed by atoms with Gasteiger partial charge in [-0.3, -0.25) is 0 Å². The van der Waals surface area contributed by atoms with E-state index in [-0.39, 0.29) is 0 Å². The summed E-state index contributed by atoms with van der Waals surface area (Å²) < 4.78 is 5.02. The maximum Gasteiger partial charge on any atom is 0.0541 e. The minimum absolute atomic E-state index is 1.08. The van der Waals surface area contributed by atoms with Crippen LogP contribution in [0.3, 0.4) is 0 Å². The number of hydrogen-bond donors (Lipinski definition) is 0. The van der Waals surface area contributed by atoms with E-state index in [0.29, 0.717) is 0 Å². The number of para-hydroxylation sites is 4. The molecule has 0 bridgehead atoms. The highest BCUT2D eigenvalue weighted by atomic mass is 32.1. The summed E-state index contributed by atoms with van der Waals surface area (Å²) in [6.45, 7) is 0. The molecule has 67 heavy (non-hydrogen) atoms. The van der Waals surface area contributed by atoms with Crippen LogP contribution in [0.4, 0.5) is 17.1 Å². The highest BCUT2D eigenvalue weighted by Crippen LogP contribution is 2.47. The zero-order valence-electron chi connectivity index (χ0n) is 36.6. The van der Waals surface area contributed by atoms with Gasteiger partial charge in [-0.1, -0.05) is 188 Å². The third-order valence-corrected chi connectivity index (χ3v) is 14.6. The maximum atomic E-state index is 2.43. The summed E-state index contributed by atoms with van der Waals surface area (Å²) in [6, 6.07) is 93.2. The molecule has 2 heterocycles. The smallest absolute Gasteiger partial charge is 0.0541 e. The molecule has 13 aromatic rings. The fraction of sp³-hybridized carbons (Fsp3) is 0. The van der Waals surface area contributed by atoms with Gasteiger partial charge in [0.1, 0.15) is 0 Å². The molecule has 2 aromatic heterocycles. The molecule has 0 saturated carbocycles. The highest BCUT2D eigenvalue weighted by Gasteiger charge is 2.21. The van der Waals surface area contributed by atoms with Gasteiger partial charge < -0.3 is 9.47 Å². The van der Waals surface area contributed by atoms with E-state index in [9.17, 15) is 0 Å². The zero-order chi connectivity index (χ0) is 44.3. The first-order valence-corrected chi connectivity index (χ1v) is 23.7. The maximum absolute atomic E-state index is 2.43. The number of hydrogen-bond acceptors (Lipinski definition) is 2. The number of aromatic nitrogens is 1. The molecule has 11 aromatic carbocycles. The van der Waals surface area contributed by atoms with Crippen LogP contribution in [0.15, 0.2) is 255 Å². The van der Waals surface area contributed by atoms with Gasteiger partial charge >= 0.3 is 0 Å². The summed E-state index contributed by atoms with van der Waals surface area (Å²) in [7, 11) is 0. The molecule has 2 nitrogen and oxygen atoms in total. The van der Waals surface area contributed by atoms with Crippen molar-refractivity contribution in [3.05, 3.63) is 255 Å². The average molecular weight is 871 g/mol. The molecule has 0 aliphatic carbocycles. The molecule has 0 radical (unpaired) electrons. The Morgan fingerprint density at radius 3 is 1.52 bits per heavy atom. The van der Waals surface area contributed by atoms with Gasteiger partial charge in [-0.25, -0.2) is 0 Å². The van der Waals surface area contributed by atoms with E-state index in [1.54, 1.807) is 0 Å². The monoisotopic (exact) mass is 870 g/mol. The summed E-state index contributed by atoms with van der Waals surface area (Å²) in [6.07, 6.45) is 0. The van der Waals surface area contributed by atoms with Gasteiger partial charge in [-0.15, -0.1) is 11.3 Å². The zero-order valence-corrected chi connectivity index (χ0v) is 37.4. The van der Waals surface area contributed by atoms with Crippen LogP contribution in [0.25, 0.3) is 103 Å². The Labute approximate surface area is 393 Å². The largest absolute Gasteiger partial charge is 0.310 e. The van der Waals surface area contributed by atoms with Crippen LogP contribution in [0.2, 0.25) is 0 Å². The standard InChI is InChI=1S/C64H42N2S/c1-2-15-48-42-49(33-32-43(48)14-1)46-30-28-44(29-31-46)45-34-38-50(39-35-45)65(59-23-9-6-19-55(59)56-21-13-27-63-64(56)57-20-7-12-26-62(57)67-63)51-40-36-47(37-41-51)52-16-3-8-22-58(52)66-60-24-10-4-17-53(60)54-18-5-11-25-61(54)66/h1-42H. The van der Waals surface area contributed by atoms with E-state index in [4.69, 9.17) is 0 Å². The fourth-order valence-corrected chi connectivity index (χ4v) is 11.4. The van der Waals surface area contributed by atoms with Crippen molar-refractivity contribution in [2.75, 3.05) is 4.90 Å². The number of fused-ring (bicyclic) bond motifs is 7. The number of thiophene rings is 1. The molecule has 0 spiro atoms. The van der Waals surface area contributed by atoms with Crippen molar-refractivity contribution in [1.29, 1.82) is 0 Å². The molecule has 0 unspecified atom stereocenters. The third kappa shape index (κ3) is 6.71. The normalized spacial score (nSPS) is 11.6. The lowest BCUT2D eigenvalue weighted by molar-refractivity contribution is 1.18. The minimum atomic E-state index is 1.08. The van der Waals surface area contributed by atoms with Gasteiger partial charge in [0, 0.05) is 53.4 Å². The Morgan fingerprint density at radius 1 is 0.313 bits per heavy atom. The van der Waals surface area contributed by atoms with E-state index in [1.807, 2.05) is 11.3 Å². The molecular weight excluding hydrogens is 829 g/mol. The molecule has 0 N–H and O–H groups in total. The molecule has 13 rings (SSSR count). The van der Waals surface area contributed by atoms with Crippen molar-refractivity contribution in [2.24, 2.45) is 0 Å². The summed E-state index contributed by atoms with van der Waals surface area (Å²) >= 11 is 1.86. The Kier molecular flexibility index (Phi) is 9.40. The van der Waals surface area contributed by atoms with Crippen molar-refractivity contribution in [2.45, 2.75) is 0 Å². The SMILES string of the molecule is c1ccc(N(c2ccc(-c3ccc(-c4ccc5ccccc5c4)cc3)cc2)c2ccc(-c3ccccc3-n3c4ccccc4c4ccccc43)cc2)c(-c2cccc3sc4ccccc4c23)c1. The lowest BCUT2D eigenvalue weighted by atomic mass is 9.96. The Balaban J connectivity index is 0.922. The molecule has 0 fully saturated rings. The number of benzene rings is 11. The molecule has 0 atom stereocenters. The topological polar surface area (TPSA) is 8.17 Å². The van der Waals surface area contributed by atoms with Crippen molar-refractivity contribution < 1.29 is 0 Å². The predicted molar refractivity (Wildman–Crippen MR) is 288 cm³/mol. The summed E-state index contributed by atoms with van der Waals surface area (Å²) in [4.78, 5) is 2.43. The lowest BCUT2D eigenvalue weighted by Gasteiger charge is -2.28. The number of rotatable bonds is 8. The molecule has 314 valence electrons. The highest BCUT2D eigenvalue weighted by molar-refractivity contribution is 7.25. The van der Waals surface area contributed by atoms with E-state index in [2.05, 4.69) is 264 Å². The van der Waals surface area contributed by atoms with Crippen LogP contribution in [-0.4, -0.2) is 4.57 Å². The summed E-state index contributed by atoms with van der Waals surface area (Å²) in [5.41, 5.74) is 16.4. The average Bonchev–Trinajstić information content (AvgIpc) is 3.95. The van der Waals surface area contributed by atoms with E-state index >= 15 is 0 Å². The van der Waals surface area contributed by atoms with Crippen molar-refractivity contribution in [3.63, 3.8) is 0 Å². The second-order valence-corrected chi connectivity index (χ2v) is 18.3. The first-order chi connectivity index (χ1) is 33.2. The van der Waals surface area contributed by atoms with Crippen LogP contribution >= 0.6 is 11.3 Å². The molecule has 0 aliphatic heterocycles. The molecular formula is C64H42N2S.